The quantitative estimate of drug-likeness (QED) is 0.829. The number of hydrogen-bond acceptors (Lipinski definition) is 4. The van der Waals surface area contributed by atoms with Gasteiger partial charge in [-0.2, -0.15) is 0 Å². The highest BCUT2D eigenvalue weighted by Crippen LogP contribution is 2.47. The van der Waals surface area contributed by atoms with Crippen molar-refractivity contribution >= 4 is 6.09 Å². The van der Waals surface area contributed by atoms with Crippen molar-refractivity contribution in [2.75, 3.05) is 6.61 Å². The third kappa shape index (κ3) is 4.10. The molecule has 0 spiro atoms. The summed E-state index contributed by atoms with van der Waals surface area (Å²) in [7, 11) is 0. The molecule has 2 aromatic rings. The molecule has 1 atom stereocenters. The summed E-state index contributed by atoms with van der Waals surface area (Å²) in [6.07, 6.45) is -6.34. The summed E-state index contributed by atoms with van der Waals surface area (Å²) in [6.45, 7) is 3.98. The lowest BCUT2D eigenvalue weighted by Gasteiger charge is -2.38. The largest absolute Gasteiger partial charge is 0.573 e. The molecule has 3 rings (SSSR count). The molecule has 1 heterocycles. The van der Waals surface area contributed by atoms with Gasteiger partial charge in [0.2, 0.25) is 0 Å². The van der Waals surface area contributed by atoms with Crippen LogP contribution in [0.3, 0.4) is 0 Å². The third-order valence-corrected chi connectivity index (χ3v) is 4.26. The number of hydrogen-bond donors (Lipinski definition) is 1. The molecule has 1 aliphatic heterocycles. The zero-order valence-electron chi connectivity index (χ0n) is 14.7. The first-order chi connectivity index (χ1) is 12.6. The number of primary amides is 1. The third-order valence-electron chi connectivity index (χ3n) is 4.26. The summed E-state index contributed by atoms with van der Waals surface area (Å²) < 4.78 is 53.1. The number of ether oxygens (including phenoxy) is 3. The van der Waals surface area contributed by atoms with E-state index in [0.29, 0.717) is 16.9 Å². The molecule has 0 saturated heterocycles. The first-order valence-electron chi connectivity index (χ1n) is 8.15. The topological polar surface area (TPSA) is 70.8 Å². The molecular weight excluding hydrogens is 363 g/mol. The van der Waals surface area contributed by atoms with Gasteiger partial charge in [-0.3, -0.25) is 0 Å². The molecule has 5 nitrogen and oxygen atoms in total. The van der Waals surface area contributed by atoms with E-state index in [1.807, 2.05) is 13.8 Å². The molecule has 27 heavy (non-hydrogen) atoms. The predicted molar refractivity (Wildman–Crippen MR) is 91.2 cm³/mol. The van der Waals surface area contributed by atoms with Gasteiger partial charge in [-0.25, -0.2) is 4.79 Å². The Labute approximate surface area is 153 Å². The van der Waals surface area contributed by atoms with E-state index >= 15 is 0 Å². The van der Waals surface area contributed by atoms with Gasteiger partial charge in [0.05, 0.1) is 6.61 Å². The highest BCUT2D eigenvalue weighted by molar-refractivity contribution is 5.73. The number of carbonyl (C=O) groups excluding carboxylic acids is 1. The second kappa shape index (κ2) is 6.68. The van der Waals surface area contributed by atoms with Crippen molar-refractivity contribution in [2.24, 2.45) is 11.1 Å². The molecule has 8 heteroatoms. The van der Waals surface area contributed by atoms with Gasteiger partial charge in [0.25, 0.3) is 0 Å². The van der Waals surface area contributed by atoms with Gasteiger partial charge in [0, 0.05) is 16.5 Å². The zero-order valence-corrected chi connectivity index (χ0v) is 14.7. The first kappa shape index (κ1) is 18.9. The molecule has 0 aliphatic carbocycles. The molecule has 0 radical (unpaired) electrons. The average Bonchev–Trinajstić information content (AvgIpc) is 2.56. The smallest absolute Gasteiger partial charge is 0.492 e. The van der Waals surface area contributed by atoms with Crippen molar-refractivity contribution in [1.82, 2.24) is 0 Å². The van der Waals surface area contributed by atoms with E-state index in [2.05, 4.69) is 4.74 Å². The minimum Gasteiger partial charge on any atom is -0.492 e. The Morgan fingerprint density at radius 1 is 1.22 bits per heavy atom. The molecule has 0 saturated carbocycles. The van der Waals surface area contributed by atoms with Crippen LogP contribution in [0.2, 0.25) is 0 Å². The number of para-hydroxylation sites is 1. The molecule has 0 bridgehead atoms. The predicted octanol–water partition coefficient (Wildman–Crippen LogP) is 4.81. The molecule has 0 aromatic heterocycles. The Morgan fingerprint density at radius 3 is 2.59 bits per heavy atom. The fraction of sp³-hybridized carbons (Fsp3) is 0.316. The van der Waals surface area contributed by atoms with Crippen LogP contribution in [-0.2, 0) is 4.74 Å². The second-order valence-corrected chi connectivity index (χ2v) is 6.89. The Morgan fingerprint density at radius 2 is 1.93 bits per heavy atom. The van der Waals surface area contributed by atoms with Crippen LogP contribution < -0.4 is 15.2 Å². The van der Waals surface area contributed by atoms with E-state index in [4.69, 9.17) is 15.2 Å². The molecule has 0 fully saturated rings. The summed E-state index contributed by atoms with van der Waals surface area (Å²) in [5.41, 5.74) is 6.00. The van der Waals surface area contributed by atoms with Crippen molar-refractivity contribution in [3.8, 4) is 22.6 Å². The first-order valence-corrected chi connectivity index (χ1v) is 8.15. The van der Waals surface area contributed by atoms with Crippen LogP contribution in [0.15, 0.2) is 42.5 Å². The lowest BCUT2D eigenvalue weighted by Crippen LogP contribution is -2.37. The monoisotopic (exact) mass is 381 g/mol. The maximum atomic E-state index is 12.7. The van der Waals surface area contributed by atoms with E-state index in [9.17, 15) is 18.0 Å². The van der Waals surface area contributed by atoms with Crippen LogP contribution in [0.4, 0.5) is 18.0 Å². The number of nitrogens with two attached hydrogens (primary N) is 1. The van der Waals surface area contributed by atoms with E-state index in [-0.39, 0.29) is 17.9 Å². The fourth-order valence-electron chi connectivity index (χ4n) is 3.06. The molecule has 2 N–H and O–H groups in total. The standard InChI is InChI=1S/C19H18F3NO4/c1-18(2)10-25-15-9-11(7-8-13(15)16(18)26-17(23)24)12-5-3-4-6-14(12)27-19(20,21)22/h3-9,16H,10H2,1-2H3,(H2,23,24). The molecule has 1 amide bonds. The molecule has 2 aromatic carbocycles. The normalized spacial score (nSPS) is 18.2. The maximum Gasteiger partial charge on any atom is 0.573 e. The average molecular weight is 381 g/mol. The summed E-state index contributed by atoms with van der Waals surface area (Å²) >= 11 is 0. The van der Waals surface area contributed by atoms with Crippen molar-refractivity contribution in [3.63, 3.8) is 0 Å². The molecule has 144 valence electrons. The van der Waals surface area contributed by atoms with Crippen LogP contribution in [0.25, 0.3) is 11.1 Å². The number of amides is 1. The molecule has 1 aliphatic rings. The number of alkyl halides is 3. The Kier molecular flexibility index (Phi) is 4.67. The maximum absolute atomic E-state index is 12.7. The highest BCUT2D eigenvalue weighted by Gasteiger charge is 2.40. The summed E-state index contributed by atoms with van der Waals surface area (Å²) in [4.78, 5) is 11.3. The summed E-state index contributed by atoms with van der Waals surface area (Å²) in [5, 5.41) is 0. The van der Waals surface area contributed by atoms with Crippen LogP contribution in [0.5, 0.6) is 11.5 Å². The van der Waals surface area contributed by atoms with Gasteiger partial charge in [-0.05, 0) is 17.7 Å². The molecule has 1 unspecified atom stereocenters. The molecular formula is C19H18F3NO4. The van der Waals surface area contributed by atoms with Crippen molar-refractivity contribution in [1.29, 1.82) is 0 Å². The van der Waals surface area contributed by atoms with E-state index < -0.39 is 24.0 Å². The van der Waals surface area contributed by atoms with Crippen LogP contribution in [-0.4, -0.2) is 19.1 Å². The number of rotatable bonds is 3. The van der Waals surface area contributed by atoms with Crippen LogP contribution in [0, 0.1) is 5.41 Å². The van der Waals surface area contributed by atoms with Gasteiger partial charge >= 0.3 is 12.5 Å². The van der Waals surface area contributed by atoms with Gasteiger partial charge in [-0.1, -0.05) is 44.2 Å². The highest BCUT2D eigenvalue weighted by atomic mass is 19.4. The lowest BCUT2D eigenvalue weighted by molar-refractivity contribution is -0.274. The van der Waals surface area contributed by atoms with E-state index in [1.54, 1.807) is 24.3 Å². The van der Waals surface area contributed by atoms with Crippen molar-refractivity contribution < 1.29 is 32.2 Å². The lowest BCUT2D eigenvalue weighted by atomic mass is 9.80. The van der Waals surface area contributed by atoms with Gasteiger partial charge in [0.15, 0.2) is 0 Å². The van der Waals surface area contributed by atoms with E-state index in [1.165, 1.54) is 18.2 Å². The SMILES string of the molecule is CC1(C)COc2cc(-c3ccccc3OC(F)(F)F)ccc2C1OC(N)=O. The van der Waals surface area contributed by atoms with Gasteiger partial charge in [-0.15, -0.1) is 13.2 Å². The van der Waals surface area contributed by atoms with Crippen LogP contribution in [0.1, 0.15) is 25.5 Å². The van der Waals surface area contributed by atoms with E-state index in [0.717, 1.165) is 0 Å². The number of fused-ring (bicyclic) bond motifs is 1. The second-order valence-electron chi connectivity index (χ2n) is 6.89. The van der Waals surface area contributed by atoms with Crippen LogP contribution >= 0.6 is 0 Å². The van der Waals surface area contributed by atoms with Crippen molar-refractivity contribution in [3.05, 3.63) is 48.0 Å². The summed E-state index contributed by atoms with van der Waals surface area (Å²) in [5.74, 6) is 0.103. The fourth-order valence-corrected chi connectivity index (χ4v) is 3.06. The Bertz CT molecular complexity index is 864. The minimum atomic E-state index is -4.80. The summed E-state index contributed by atoms with van der Waals surface area (Å²) in [6, 6.07) is 10.7. The van der Waals surface area contributed by atoms with Gasteiger partial charge < -0.3 is 19.9 Å². The zero-order chi connectivity index (χ0) is 19.8. The van der Waals surface area contributed by atoms with Gasteiger partial charge in [0.1, 0.15) is 17.6 Å². The number of carbonyl (C=O) groups is 1. The Balaban J connectivity index is 2.02. The van der Waals surface area contributed by atoms with Crippen molar-refractivity contribution in [2.45, 2.75) is 26.3 Å². The minimum absolute atomic E-state index is 0.252. The number of benzene rings is 2. The number of halogens is 3. The Hall–Kier alpha value is -2.90.